The Balaban J connectivity index is 2.55. The molecule has 0 unspecified atom stereocenters. The fourth-order valence-electron chi connectivity index (χ4n) is 1.98. The van der Waals surface area contributed by atoms with Crippen LogP contribution < -0.4 is 0 Å². The molecule has 0 bridgehead atoms. The third kappa shape index (κ3) is 2.54. The summed E-state index contributed by atoms with van der Waals surface area (Å²) in [5.41, 5.74) is -0.484. The number of aromatic hydroxyl groups is 1. The van der Waals surface area contributed by atoms with Crippen LogP contribution in [-0.2, 0) is 10.0 Å². The van der Waals surface area contributed by atoms with Gasteiger partial charge in [-0.05, 0) is 18.9 Å². The van der Waals surface area contributed by atoms with Gasteiger partial charge in [0.2, 0.25) is 10.0 Å². The van der Waals surface area contributed by atoms with Gasteiger partial charge in [0.25, 0.3) is 0 Å². The summed E-state index contributed by atoms with van der Waals surface area (Å²) in [7, 11) is -3.82. The standard InChI is InChI=1S/C11H12ClNO5S/c12-8-6-9(14)7(11(15)16)5-10(8)19(17,18)13-3-1-2-4-13/h5-6,14H,1-4H2,(H,15,16). The molecule has 1 aromatic rings. The van der Waals surface area contributed by atoms with Gasteiger partial charge in [-0.2, -0.15) is 4.31 Å². The van der Waals surface area contributed by atoms with Gasteiger partial charge in [-0.1, -0.05) is 11.6 Å². The third-order valence-corrected chi connectivity index (χ3v) is 5.33. The molecule has 1 aliphatic rings. The molecule has 2 rings (SSSR count). The van der Waals surface area contributed by atoms with Gasteiger partial charge in [0.1, 0.15) is 16.2 Å². The smallest absolute Gasteiger partial charge is 0.339 e. The highest BCUT2D eigenvalue weighted by atomic mass is 35.5. The van der Waals surface area contributed by atoms with Crippen LogP contribution in [0.15, 0.2) is 17.0 Å². The van der Waals surface area contributed by atoms with Crippen molar-refractivity contribution < 1.29 is 23.4 Å². The van der Waals surface area contributed by atoms with Crippen molar-refractivity contribution in [2.75, 3.05) is 13.1 Å². The van der Waals surface area contributed by atoms with Gasteiger partial charge in [-0.3, -0.25) is 0 Å². The van der Waals surface area contributed by atoms with Crippen LogP contribution in [0.2, 0.25) is 5.02 Å². The molecule has 1 saturated heterocycles. The molecule has 19 heavy (non-hydrogen) atoms. The van der Waals surface area contributed by atoms with E-state index in [-0.39, 0.29) is 9.92 Å². The molecule has 0 spiro atoms. The molecular formula is C11H12ClNO5S. The second kappa shape index (κ2) is 4.99. The largest absolute Gasteiger partial charge is 0.507 e. The quantitative estimate of drug-likeness (QED) is 0.883. The van der Waals surface area contributed by atoms with Gasteiger partial charge in [-0.25, -0.2) is 13.2 Å². The Labute approximate surface area is 115 Å². The molecule has 1 aliphatic heterocycles. The van der Waals surface area contributed by atoms with Gasteiger partial charge in [-0.15, -0.1) is 0 Å². The van der Waals surface area contributed by atoms with Crippen LogP contribution in [0.5, 0.6) is 5.75 Å². The fraction of sp³-hybridized carbons (Fsp3) is 0.364. The molecule has 6 nitrogen and oxygen atoms in total. The predicted molar refractivity (Wildman–Crippen MR) is 68.1 cm³/mol. The van der Waals surface area contributed by atoms with E-state index in [0.29, 0.717) is 13.1 Å². The second-order valence-corrected chi connectivity index (χ2v) is 6.53. The van der Waals surface area contributed by atoms with Crippen LogP contribution in [-0.4, -0.2) is 42.0 Å². The summed E-state index contributed by atoms with van der Waals surface area (Å²) in [5.74, 6) is -1.97. The minimum atomic E-state index is -3.82. The lowest BCUT2D eigenvalue weighted by Gasteiger charge is -2.17. The molecule has 0 aliphatic carbocycles. The number of nitrogens with zero attached hydrogens (tertiary/aromatic N) is 1. The summed E-state index contributed by atoms with van der Waals surface area (Å²) in [6.45, 7) is 0.782. The van der Waals surface area contributed by atoms with Crippen molar-refractivity contribution in [1.29, 1.82) is 0 Å². The van der Waals surface area contributed by atoms with Gasteiger partial charge in [0, 0.05) is 19.2 Å². The molecule has 0 saturated carbocycles. The maximum atomic E-state index is 12.3. The average molecular weight is 306 g/mol. The van der Waals surface area contributed by atoms with Crippen LogP contribution in [0.4, 0.5) is 0 Å². The number of hydrogen-bond donors (Lipinski definition) is 2. The Bertz CT molecular complexity index is 622. The molecule has 0 aromatic heterocycles. The van der Waals surface area contributed by atoms with E-state index in [4.69, 9.17) is 16.7 Å². The minimum absolute atomic E-state index is 0.186. The van der Waals surface area contributed by atoms with Crippen molar-refractivity contribution in [3.05, 3.63) is 22.7 Å². The maximum Gasteiger partial charge on any atom is 0.339 e. The van der Waals surface area contributed by atoms with E-state index < -0.39 is 27.3 Å². The average Bonchev–Trinajstić information content (AvgIpc) is 2.81. The van der Waals surface area contributed by atoms with Crippen molar-refractivity contribution in [3.63, 3.8) is 0 Å². The van der Waals surface area contributed by atoms with Crippen molar-refractivity contribution in [3.8, 4) is 5.75 Å². The van der Waals surface area contributed by atoms with Crippen LogP contribution >= 0.6 is 11.6 Å². The first-order valence-electron chi connectivity index (χ1n) is 5.60. The van der Waals surface area contributed by atoms with Crippen LogP contribution in [0.25, 0.3) is 0 Å². The predicted octanol–water partition coefficient (Wildman–Crippen LogP) is 1.53. The first-order valence-corrected chi connectivity index (χ1v) is 7.42. The van der Waals surface area contributed by atoms with Gasteiger partial charge in [0.05, 0.1) is 5.02 Å². The zero-order valence-corrected chi connectivity index (χ0v) is 11.4. The van der Waals surface area contributed by atoms with E-state index in [0.717, 1.165) is 25.0 Å². The summed E-state index contributed by atoms with van der Waals surface area (Å²) in [4.78, 5) is 10.6. The van der Waals surface area contributed by atoms with E-state index in [9.17, 15) is 18.3 Å². The van der Waals surface area contributed by atoms with Crippen molar-refractivity contribution in [2.24, 2.45) is 0 Å². The van der Waals surface area contributed by atoms with Crippen LogP contribution in [0.3, 0.4) is 0 Å². The topological polar surface area (TPSA) is 94.9 Å². The number of sulfonamides is 1. The van der Waals surface area contributed by atoms with E-state index >= 15 is 0 Å². The number of carboxylic acid groups (broad SMARTS) is 1. The highest BCUT2D eigenvalue weighted by Crippen LogP contribution is 2.32. The number of phenols is 1. The van der Waals surface area contributed by atoms with Crippen LogP contribution in [0, 0.1) is 0 Å². The summed E-state index contributed by atoms with van der Waals surface area (Å²) >= 11 is 5.81. The number of rotatable bonds is 3. The molecule has 0 radical (unpaired) electrons. The Hall–Kier alpha value is -1.31. The first-order chi connectivity index (χ1) is 8.84. The second-order valence-electron chi connectivity index (χ2n) is 4.22. The molecule has 1 fully saturated rings. The van der Waals surface area contributed by atoms with E-state index in [2.05, 4.69) is 0 Å². The lowest BCUT2D eigenvalue weighted by atomic mass is 10.2. The highest BCUT2D eigenvalue weighted by molar-refractivity contribution is 7.89. The SMILES string of the molecule is O=C(O)c1cc(S(=O)(=O)N2CCCC2)c(Cl)cc1O. The molecule has 1 heterocycles. The number of benzene rings is 1. The normalized spacial score (nSPS) is 16.7. The fourth-order valence-corrected chi connectivity index (χ4v) is 4.02. The number of carbonyl (C=O) groups is 1. The van der Waals surface area contributed by atoms with E-state index in [1.165, 1.54) is 4.31 Å². The van der Waals surface area contributed by atoms with Gasteiger partial charge < -0.3 is 10.2 Å². The lowest BCUT2D eigenvalue weighted by molar-refractivity contribution is 0.0693. The summed E-state index contributed by atoms with van der Waals surface area (Å²) in [5, 5.41) is 18.2. The zero-order valence-electron chi connectivity index (χ0n) is 9.84. The zero-order chi connectivity index (χ0) is 14.2. The number of halogens is 1. The molecular weight excluding hydrogens is 294 g/mol. The summed E-state index contributed by atoms with van der Waals surface area (Å²) in [6.07, 6.45) is 1.53. The molecule has 104 valence electrons. The Kier molecular flexibility index (Phi) is 3.71. The Morgan fingerprint density at radius 2 is 1.84 bits per heavy atom. The summed E-state index contributed by atoms with van der Waals surface area (Å²) < 4.78 is 25.9. The van der Waals surface area contributed by atoms with Crippen molar-refractivity contribution >= 4 is 27.6 Å². The monoisotopic (exact) mass is 305 g/mol. The Morgan fingerprint density at radius 3 is 2.37 bits per heavy atom. The Morgan fingerprint density at radius 1 is 1.26 bits per heavy atom. The minimum Gasteiger partial charge on any atom is -0.507 e. The molecule has 8 heteroatoms. The lowest BCUT2D eigenvalue weighted by Crippen LogP contribution is -2.28. The van der Waals surface area contributed by atoms with E-state index in [1.54, 1.807) is 0 Å². The van der Waals surface area contributed by atoms with Crippen LogP contribution in [0.1, 0.15) is 23.2 Å². The van der Waals surface area contributed by atoms with Gasteiger partial charge in [0.15, 0.2) is 0 Å². The number of aromatic carboxylic acids is 1. The van der Waals surface area contributed by atoms with Gasteiger partial charge >= 0.3 is 5.97 Å². The maximum absolute atomic E-state index is 12.3. The third-order valence-electron chi connectivity index (χ3n) is 2.96. The van der Waals surface area contributed by atoms with E-state index in [1.807, 2.05) is 0 Å². The van der Waals surface area contributed by atoms with Crippen molar-refractivity contribution in [2.45, 2.75) is 17.7 Å². The molecule has 0 amide bonds. The summed E-state index contributed by atoms with van der Waals surface area (Å²) in [6, 6.07) is 1.83. The number of hydrogen-bond acceptors (Lipinski definition) is 4. The van der Waals surface area contributed by atoms with Crippen molar-refractivity contribution in [1.82, 2.24) is 4.31 Å². The molecule has 1 aromatic carbocycles. The number of carboxylic acids is 1. The molecule has 0 atom stereocenters. The highest BCUT2D eigenvalue weighted by Gasteiger charge is 2.30. The first kappa shape index (κ1) is 14.1. The molecule has 2 N–H and O–H groups in total.